The van der Waals surface area contributed by atoms with Gasteiger partial charge in [-0.25, -0.2) is 15.0 Å². The van der Waals surface area contributed by atoms with Gasteiger partial charge in [-0.2, -0.15) is 0 Å². The minimum absolute atomic E-state index is 0.566. The molecule has 2 heterocycles. The molecule has 288 valence electrons. The lowest BCUT2D eigenvalue weighted by Gasteiger charge is -2.35. The van der Waals surface area contributed by atoms with Crippen molar-refractivity contribution < 1.29 is 4.42 Å². The van der Waals surface area contributed by atoms with Crippen molar-refractivity contribution in [2.45, 2.75) is 5.41 Å². The maximum absolute atomic E-state index is 6.23. The minimum atomic E-state index is -0.566. The molecule has 4 nitrogen and oxygen atoms in total. The fourth-order valence-electron chi connectivity index (χ4n) is 10.4. The first-order chi connectivity index (χ1) is 30.7. The molecule has 13 rings (SSSR count). The topological polar surface area (TPSA) is 51.8 Å². The van der Waals surface area contributed by atoms with E-state index >= 15 is 0 Å². The van der Waals surface area contributed by atoms with E-state index in [1.54, 1.807) is 0 Å². The highest BCUT2D eigenvalue weighted by Crippen LogP contribution is 2.61. The van der Waals surface area contributed by atoms with Crippen molar-refractivity contribution in [3.63, 3.8) is 0 Å². The zero-order valence-corrected chi connectivity index (χ0v) is 33.5. The lowest BCUT2D eigenvalue weighted by atomic mass is 9.66. The van der Waals surface area contributed by atoms with Crippen LogP contribution in [0.5, 0.6) is 0 Å². The highest BCUT2D eigenvalue weighted by molar-refractivity contribution is 6.06. The van der Waals surface area contributed by atoms with Gasteiger partial charge in [0, 0.05) is 27.5 Å². The van der Waals surface area contributed by atoms with Crippen molar-refractivity contribution in [2.24, 2.45) is 0 Å². The summed E-state index contributed by atoms with van der Waals surface area (Å²) >= 11 is 0. The first-order valence-electron chi connectivity index (χ1n) is 21.1. The summed E-state index contributed by atoms with van der Waals surface area (Å²) in [6.07, 6.45) is 0. The van der Waals surface area contributed by atoms with Crippen molar-refractivity contribution >= 4 is 21.9 Å². The average Bonchev–Trinajstić information content (AvgIpc) is 3.84. The molecule has 9 aromatic carbocycles. The van der Waals surface area contributed by atoms with Crippen LogP contribution in [0.3, 0.4) is 0 Å². The van der Waals surface area contributed by atoms with Crippen molar-refractivity contribution in [3.8, 4) is 78.7 Å². The van der Waals surface area contributed by atoms with Gasteiger partial charge in [0.1, 0.15) is 11.2 Å². The number of rotatable bonds is 4. The second-order valence-electron chi connectivity index (χ2n) is 16.2. The third-order valence-corrected chi connectivity index (χ3v) is 13.0. The first-order valence-corrected chi connectivity index (χ1v) is 21.1. The van der Waals surface area contributed by atoms with Crippen LogP contribution in [0.25, 0.3) is 101 Å². The lowest BCUT2D eigenvalue weighted by Crippen LogP contribution is -2.29. The molecule has 0 saturated carbocycles. The number of aromatic nitrogens is 3. The van der Waals surface area contributed by atoms with Crippen molar-refractivity contribution in [2.75, 3.05) is 0 Å². The van der Waals surface area contributed by atoms with E-state index in [-0.39, 0.29) is 0 Å². The smallest absolute Gasteiger partial charge is 0.164 e. The third-order valence-electron chi connectivity index (χ3n) is 13.0. The second-order valence-corrected chi connectivity index (χ2v) is 16.2. The summed E-state index contributed by atoms with van der Waals surface area (Å²) in [6, 6.07) is 75.9. The monoisotopic (exact) mass is 789 g/mol. The number of fused-ring (bicyclic) bond motifs is 15. The van der Waals surface area contributed by atoms with Gasteiger partial charge in [0.2, 0.25) is 0 Å². The van der Waals surface area contributed by atoms with Crippen LogP contribution in [-0.2, 0) is 5.41 Å². The Morgan fingerprint density at radius 2 is 0.726 bits per heavy atom. The summed E-state index contributed by atoms with van der Waals surface area (Å²) in [5.41, 5.74) is 18.5. The summed E-state index contributed by atoms with van der Waals surface area (Å²) in [7, 11) is 0. The van der Waals surface area contributed by atoms with Gasteiger partial charge in [0.25, 0.3) is 0 Å². The van der Waals surface area contributed by atoms with Gasteiger partial charge in [0.05, 0.1) is 5.41 Å². The zero-order chi connectivity index (χ0) is 40.8. The second kappa shape index (κ2) is 13.4. The van der Waals surface area contributed by atoms with Crippen molar-refractivity contribution in [1.29, 1.82) is 0 Å². The van der Waals surface area contributed by atoms with E-state index in [1.165, 1.54) is 55.6 Å². The standard InChI is InChI=1S/C58H35N3O/c1-2-16-36(17-3-1)39-18-4-7-25-46(39)57-60-55(59-56(61-57)38-31-33-54-48(35-38)45-24-11-15-29-53(45)62-54)37-30-32-52-47(34-37)44-23-10-14-28-51(44)58(52)49-26-12-8-21-42(49)40-19-5-6-20-41(40)43-22-9-13-27-50(43)58/h1-35H. The number of nitrogens with zero attached hydrogens (tertiary/aromatic N) is 3. The molecule has 4 heteroatoms. The summed E-state index contributed by atoms with van der Waals surface area (Å²) in [4.78, 5) is 15.9. The Morgan fingerprint density at radius 3 is 1.39 bits per heavy atom. The van der Waals surface area contributed by atoms with E-state index in [0.29, 0.717) is 17.5 Å². The van der Waals surface area contributed by atoms with Gasteiger partial charge in [-0.1, -0.05) is 182 Å². The van der Waals surface area contributed by atoms with Gasteiger partial charge < -0.3 is 4.42 Å². The number of furan rings is 1. The summed E-state index contributed by atoms with van der Waals surface area (Å²) < 4.78 is 6.23. The van der Waals surface area contributed by atoms with E-state index in [2.05, 4.69) is 182 Å². The fraction of sp³-hybridized carbons (Fsp3) is 0.0172. The number of benzene rings is 9. The maximum Gasteiger partial charge on any atom is 0.164 e. The molecule has 2 aliphatic carbocycles. The maximum atomic E-state index is 6.23. The van der Waals surface area contributed by atoms with E-state index in [0.717, 1.165) is 49.8 Å². The molecule has 62 heavy (non-hydrogen) atoms. The highest BCUT2D eigenvalue weighted by Gasteiger charge is 2.49. The third kappa shape index (κ3) is 4.98. The molecule has 0 fully saturated rings. The summed E-state index contributed by atoms with van der Waals surface area (Å²) in [5, 5.41) is 2.08. The van der Waals surface area contributed by atoms with Crippen LogP contribution >= 0.6 is 0 Å². The summed E-state index contributed by atoms with van der Waals surface area (Å²) in [6.45, 7) is 0. The molecule has 1 spiro atoms. The molecule has 0 radical (unpaired) electrons. The van der Waals surface area contributed by atoms with Crippen LogP contribution in [0.4, 0.5) is 0 Å². The van der Waals surface area contributed by atoms with Crippen LogP contribution in [0.2, 0.25) is 0 Å². The largest absolute Gasteiger partial charge is 0.456 e. The molecule has 2 aromatic heterocycles. The van der Waals surface area contributed by atoms with E-state index < -0.39 is 5.41 Å². The van der Waals surface area contributed by atoms with E-state index in [4.69, 9.17) is 19.4 Å². The van der Waals surface area contributed by atoms with Crippen molar-refractivity contribution in [3.05, 3.63) is 235 Å². The Kier molecular flexibility index (Phi) is 7.49. The Bertz CT molecular complexity index is 3540. The van der Waals surface area contributed by atoms with Crippen LogP contribution in [0, 0.1) is 0 Å². The molecule has 2 aliphatic rings. The summed E-state index contributed by atoms with van der Waals surface area (Å²) in [5.74, 6) is 1.82. The van der Waals surface area contributed by atoms with Gasteiger partial charge in [-0.15, -0.1) is 0 Å². The lowest BCUT2D eigenvalue weighted by molar-refractivity contribution is 0.669. The number of hydrogen-bond donors (Lipinski definition) is 0. The average molecular weight is 790 g/mol. The van der Waals surface area contributed by atoms with Gasteiger partial charge in [-0.3, -0.25) is 0 Å². The Balaban J connectivity index is 1.06. The normalized spacial score (nSPS) is 13.0. The molecule has 0 bridgehead atoms. The van der Waals surface area contributed by atoms with Crippen LogP contribution < -0.4 is 0 Å². The first kappa shape index (κ1) is 34.6. The van der Waals surface area contributed by atoms with E-state index in [9.17, 15) is 0 Å². The predicted octanol–water partition coefficient (Wildman–Crippen LogP) is 14.4. The minimum Gasteiger partial charge on any atom is -0.456 e. The highest BCUT2D eigenvalue weighted by atomic mass is 16.3. The molecular formula is C58H35N3O. The Labute approximate surface area is 358 Å². The molecular weight excluding hydrogens is 755 g/mol. The molecule has 0 N–H and O–H groups in total. The number of hydrogen-bond acceptors (Lipinski definition) is 4. The van der Waals surface area contributed by atoms with E-state index in [1.807, 2.05) is 30.3 Å². The SMILES string of the molecule is c1ccc(-c2ccccc2-c2nc(-c3ccc4c(c3)-c3ccccc3C43c4ccccc4-c4ccccc4-c4ccccc43)nc(-c3ccc4oc5ccccc5c4c3)n2)cc1. The molecule has 0 aliphatic heterocycles. The van der Waals surface area contributed by atoms with Crippen molar-refractivity contribution in [1.82, 2.24) is 15.0 Å². The van der Waals surface area contributed by atoms with Gasteiger partial charge >= 0.3 is 0 Å². The molecule has 0 atom stereocenters. The van der Waals surface area contributed by atoms with Crippen LogP contribution in [-0.4, -0.2) is 15.0 Å². The Morgan fingerprint density at radius 1 is 0.274 bits per heavy atom. The molecule has 0 unspecified atom stereocenters. The number of para-hydroxylation sites is 1. The van der Waals surface area contributed by atoms with Gasteiger partial charge in [0.15, 0.2) is 17.5 Å². The fourth-order valence-corrected chi connectivity index (χ4v) is 10.4. The van der Waals surface area contributed by atoms with Crippen LogP contribution in [0.15, 0.2) is 217 Å². The molecule has 0 saturated heterocycles. The Hall–Kier alpha value is -8.21. The zero-order valence-electron chi connectivity index (χ0n) is 33.5. The quantitative estimate of drug-likeness (QED) is 0.178. The van der Waals surface area contributed by atoms with Crippen LogP contribution in [0.1, 0.15) is 22.3 Å². The molecule has 11 aromatic rings. The molecule has 0 amide bonds. The predicted molar refractivity (Wildman–Crippen MR) is 251 cm³/mol. The van der Waals surface area contributed by atoms with Gasteiger partial charge in [-0.05, 0) is 97.1 Å².